The number of hydrogen-bond donors (Lipinski definition) is 0. The first-order valence-corrected chi connectivity index (χ1v) is 18.2. The molecule has 0 unspecified atom stereocenters. The van der Waals surface area contributed by atoms with Crippen molar-refractivity contribution >= 4 is 53.7 Å². The van der Waals surface area contributed by atoms with Gasteiger partial charge in [-0.3, -0.25) is 43.2 Å². The Morgan fingerprint density at radius 2 is 0.609 bits per heavy atom. The van der Waals surface area contributed by atoms with Crippen molar-refractivity contribution in [3.05, 3.63) is 42.5 Å². The third kappa shape index (κ3) is 11.8. The summed E-state index contributed by atoms with van der Waals surface area (Å²) in [5.41, 5.74) is 0. The van der Waals surface area contributed by atoms with Gasteiger partial charge in [0.25, 0.3) is 0 Å². The van der Waals surface area contributed by atoms with Gasteiger partial charge in [0.1, 0.15) is 23.0 Å². The molecule has 22 heteroatoms. The van der Waals surface area contributed by atoms with Gasteiger partial charge in [-0.05, 0) is 0 Å². The van der Waals surface area contributed by atoms with Crippen LogP contribution in [0.15, 0.2) is 42.5 Å². The summed E-state index contributed by atoms with van der Waals surface area (Å²) < 4.78 is 72.4. The van der Waals surface area contributed by atoms with Crippen molar-refractivity contribution in [2.75, 3.05) is 0 Å². The van der Waals surface area contributed by atoms with Gasteiger partial charge < -0.3 is 61.6 Å². The first kappa shape index (κ1) is 46.4. The van der Waals surface area contributed by atoms with Gasteiger partial charge in [0, 0.05) is 105 Å². The van der Waals surface area contributed by atoms with Gasteiger partial charge >= 0.3 is 53.7 Å². The highest BCUT2D eigenvalue weighted by atomic mass is 16.6. The van der Waals surface area contributed by atoms with E-state index in [4.69, 9.17) is 61.6 Å². The third-order valence-corrected chi connectivity index (χ3v) is 7.23. The molecule has 5 rings (SSSR count). The molecule has 0 amide bonds. The molecule has 0 bridgehead atoms. The molecule has 64 heavy (non-hydrogen) atoms. The Balaban J connectivity index is 1.79. The van der Waals surface area contributed by atoms with E-state index in [0.29, 0.717) is 0 Å². The fourth-order valence-corrected chi connectivity index (χ4v) is 5.46. The second kappa shape index (κ2) is 19.4. The topological polar surface area (TPSA) is 274 Å². The zero-order chi connectivity index (χ0) is 47.2. The molecule has 0 fully saturated rings. The van der Waals surface area contributed by atoms with E-state index in [1.54, 1.807) is 0 Å². The van der Waals surface area contributed by atoms with Crippen molar-refractivity contribution in [3.8, 4) is 97.7 Å². The second-order valence-corrected chi connectivity index (χ2v) is 12.9. The first-order valence-electron chi connectivity index (χ1n) is 18.2. The van der Waals surface area contributed by atoms with Crippen LogP contribution < -0.4 is 61.6 Å². The lowest BCUT2D eigenvalue weighted by atomic mass is 10.2. The molecule has 1 aliphatic heterocycles. The van der Waals surface area contributed by atoms with E-state index in [-0.39, 0.29) is 23.0 Å². The zero-order valence-corrected chi connectivity index (χ0v) is 35.0. The van der Waals surface area contributed by atoms with Gasteiger partial charge in [-0.2, -0.15) is 0 Å². The van der Waals surface area contributed by atoms with E-state index in [9.17, 15) is 43.2 Å². The van der Waals surface area contributed by atoms with Gasteiger partial charge in [0.05, 0.1) is 0 Å². The molecule has 0 saturated heterocycles. The summed E-state index contributed by atoms with van der Waals surface area (Å²) in [6, 6.07) is 7.65. The first-order chi connectivity index (χ1) is 30.1. The van der Waals surface area contributed by atoms with Crippen molar-refractivity contribution in [1.82, 2.24) is 0 Å². The zero-order valence-electron chi connectivity index (χ0n) is 35.0. The smallest absolute Gasteiger partial charge is 0.308 e. The molecular formula is C42H34O22. The maximum absolute atomic E-state index is 12.7. The summed E-state index contributed by atoms with van der Waals surface area (Å²) in [5, 5.41) is 0. The van der Waals surface area contributed by atoms with E-state index >= 15 is 0 Å². The maximum Gasteiger partial charge on any atom is 0.308 e. The molecule has 0 aromatic heterocycles. The lowest BCUT2D eigenvalue weighted by Crippen LogP contribution is -2.13. The molecule has 4 aromatic carbocycles. The van der Waals surface area contributed by atoms with E-state index in [2.05, 4.69) is 0 Å². The highest BCUT2D eigenvalue weighted by Crippen LogP contribution is 2.63. The van der Waals surface area contributed by atoms with E-state index in [1.165, 1.54) is 18.2 Å². The molecule has 0 N–H and O–H groups in total. The van der Waals surface area contributed by atoms with Crippen LogP contribution in [0.1, 0.15) is 62.3 Å². The molecule has 0 saturated carbocycles. The standard InChI is InChI=1S/C42H34O22/c1-17(43)52-26-10-27(53-18(2)44)12-28(11-26)61-38-32(57-22(6)48)15-34-40(42(38)60-25(9)51)64-35-16-33(37(58-23(7)49)41(39(35)63-34)59-24(8)50)62-36-30(55-20(4)46)13-29(54-19(3)45)14-31(36)56-21(5)47/h10-16H,1-9H3. The number of fused-ring (bicyclic) bond motifs is 2. The lowest BCUT2D eigenvalue weighted by molar-refractivity contribution is -0.134. The van der Waals surface area contributed by atoms with Crippen LogP contribution in [0.25, 0.3) is 0 Å². The van der Waals surface area contributed by atoms with E-state index < -0.39 is 128 Å². The van der Waals surface area contributed by atoms with Gasteiger partial charge in [-0.1, -0.05) is 0 Å². The van der Waals surface area contributed by atoms with Gasteiger partial charge in [0.15, 0.2) is 34.5 Å². The number of rotatable bonds is 13. The Hall–Kier alpha value is -8.69. The summed E-state index contributed by atoms with van der Waals surface area (Å²) in [5.74, 6) is -15.9. The Morgan fingerprint density at radius 1 is 0.297 bits per heavy atom. The van der Waals surface area contributed by atoms with Gasteiger partial charge in [-0.25, -0.2) is 0 Å². The number of carbonyl (C=O) groups is 9. The quantitative estimate of drug-likeness (QED) is 0.0901. The Bertz CT molecular complexity index is 2590. The monoisotopic (exact) mass is 890 g/mol. The average Bonchev–Trinajstić information content (AvgIpc) is 3.13. The summed E-state index contributed by atoms with van der Waals surface area (Å²) in [6.07, 6.45) is 0. The molecular weight excluding hydrogens is 856 g/mol. The molecule has 0 radical (unpaired) electrons. The molecule has 4 aromatic rings. The maximum atomic E-state index is 12.7. The highest BCUT2D eigenvalue weighted by Gasteiger charge is 2.37. The van der Waals surface area contributed by atoms with Crippen LogP contribution in [0.5, 0.6) is 97.7 Å². The highest BCUT2D eigenvalue weighted by molar-refractivity contribution is 5.84. The molecule has 0 spiro atoms. The van der Waals surface area contributed by atoms with Crippen LogP contribution in [0, 0.1) is 0 Å². The SMILES string of the molecule is CC(=O)Oc1cc(OC(C)=O)cc(Oc2c(OC(C)=O)cc3c(c2OC(C)=O)Oc2cc(Oc4c(OC(C)=O)cc(OC(C)=O)cc4OC(C)=O)c(OC(C)=O)c(OC(C)=O)c2O3)c1. The van der Waals surface area contributed by atoms with Crippen molar-refractivity contribution < 1.29 is 105 Å². The molecule has 334 valence electrons. The predicted octanol–water partition coefficient (Wildman–Crippen LogP) is 6.50. The number of benzene rings is 4. The number of carbonyl (C=O) groups excluding carboxylic acids is 9. The summed E-state index contributed by atoms with van der Waals surface area (Å²) in [7, 11) is 0. The number of hydrogen-bond acceptors (Lipinski definition) is 22. The Kier molecular flexibility index (Phi) is 14.0. The van der Waals surface area contributed by atoms with Crippen LogP contribution in [0.2, 0.25) is 0 Å². The number of esters is 9. The molecule has 0 atom stereocenters. The lowest BCUT2D eigenvalue weighted by Gasteiger charge is -2.27. The van der Waals surface area contributed by atoms with E-state index in [1.807, 2.05) is 0 Å². The van der Waals surface area contributed by atoms with Gasteiger partial charge in [-0.15, -0.1) is 0 Å². The normalized spacial score (nSPS) is 10.8. The van der Waals surface area contributed by atoms with Crippen LogP contribution in [-0.4, -0.2) is 53.7 Å². The minimum atomic E-state index is -1.01. The fourth-order valence-electron chi connectivity index (χ4n) is 5.46. The second-order valence-electron chi connectivity index (χ2n) is 12.9. The van der Waals surface area contributed by atoms with Crippen LogP contribution in [0.4, 0.5) is 0 Å². The van der Waals surface area contributed by atoms with Crippen LogP contribution >= 0.6 is 0 Å². The Labute approximate surface area is 360 Å². The minimum absolute atomic E-state index is 0.167. The van der Waals surface area contributed by atoms with Crippen LogP contribution in [0.3, 0.4) is 0 Å². The minimum Gasteiger partial charge on any atom is -0.449 e. The summed E-state index contributed by atoms with van der Waals surface area (Å²) in [6.45, 7) is 9.28. The summed E-state index contributed by atoms with van der Waals surface area (Å²) in [4.78, 5) is 110. The van der Waals surface area contributed by atoms with Crippen LogP contribution in [-0.2, 0) is 43.2 Å². The van der Waals surface area contributed by atoms with Crippen molar-refractivity contribution in [2.45, 2.75) is 62.3 Å². The largest absolute Gasteiger partial charge is 0.449 e. The van der Waals surface area contributed by atoms with Crippen molar-refractivity contribution in [3.63, 3.8) is 0 Å². The van der Waals surface area contributed by atoms with Gasteiger partial charge in [0.2, 0.25) is 40.2 Å². The van der Waals surface area contributed by atoms with Crippen molar-refractivity contribution in [2.24, 2.45) is 0 Å². The molecule has 1 aliphatic rings. The average molecular weight is 891 g/mol. The van der Waals surface area contributed by atoms with Crippen molar-refractivity contribution in [1.29, 1.82) is 0 Å². The number of ether oxygens (including phenoxy) is 13. The Morgan fingerprint density at radius 3 is 1.00 bits per heavy atom. The molecule has 1 heterocycles. The third-order valence-electron chi connectivity index (χ3n) is 7.23. The molecule has 0 aliphatic carbocycles. The fraction of sp³-hybridized carbons (Fsp3) is 0.214. The molecule has 22 nitrogen and oxygen atoms in total. The predicted molar refractivity (Wildman–Crippen MR) is 208 cm³/mol. The van der Waals surface area contributed by atoms with E-state index in [0.717, 1.165) is 86.6 Å². The summed E-state index contributed by atoms with van der Waals surface area (Å²) >= 11 is 0.